The smallest absolute Gasteiger partial charge is 0.414 e. The van der Waals surface area contributed by atoms with Crippen molar-refractivity contribution in [3.05, 3.63) is 24.3 Å². The first-order valence-electron chi connectivity index (χ1n) is 8.60. The Labute approximate surface area is 142 Å². The number of amides is 2. The molecule has 2 atom stereocenters. The van der Waals surface area contributed by atoms with E-state index >= 15 is 0 Å². The zero-order valence-electron chi connectivity index (χ0n) is 14.3. The van der Waals surface area contributed by atoms with Crippen LogP contribution in [0, 0.1) is 5.92 Å². The summed E-state index contributed by atoms with van der Waals surface area (Å²) in [6, 6.07) is 8.08. The number of cyclic esters (lactones) is 1. The van der Waals surface area contributed by atoms with E-state index < -0.39 is 0 Å². The van der Waals surface area contributed by atoms with E-state index in [9.17, 15) is 9.59 Å². The number of rotatable bonds is 4. The topological polar surface area (TPSA) is 61.9 Å². The Hall–Kier alpha value is -2.24. The quantitative estimate of drug-likeness (QED) is 0.920. The standard InChI is InChI=1S/C18H25N3O3/c1-13-4-3-9-20(11-13)15-5-7-16(8-6-15)21-12-17(24-18(21)23)10-19-14(2)22/h5-8,13,17H,3-4,9-12H2,1-2H3,(H,19,22). The van der Waals surface area contributed by atoms with E-state index in [4.69, 9.17) is 4.74 Å². The highest BCUT2D eigenvalue weighted by Crippen LogP contribution is 2.27. The fourth-order valence-corrected chi connectivity index (χ4v) is 3.36. The Bertz CT molecular complexity index is 602. The minimum Gasteiger partial charge on any atom is -0.442 e. The third-order valence-electron chi connectivity index (χ3n) is 4.64. The lowest BCUT2D eigenvalue weighted by molar-refractivity contribution is -0.119. The molecular formula is C18H25N3O3. The van der Waals surface area contributed by atoms with E-state index in [0.29, 0.717) is 13.1 Å². The highest BCUT2D eigenvalue weighted by molar-refractivity contribution is 5.90. The van der Waals surface area contributed by atoms with Gasteiger partial charge in [0.15, 0.2) is 0 Å². The molecule has 6 heteroatoms. The minimum absolute atomic E-state index is 0.121. The van der Waals surface area contributed by atoms with Crippen LogP contribution in [0.25, 0.3) is 0 Å². The number of carbonyl (C=O) groups excluding carboxylic acids is 2. The summed E-state index contributed by atoms with van der Waals surface area (Å²) in [4.78, 5) is 27.0. The van der Waals surface area contributed by atoms with Crippen molar-refractivity contribution in [2.45, 2.75) is 32.8 Å². The Morgan fingerprint density at radius 3 is 2.62 bits per heavy atom. The van der Waals surface area contributed by atoms with Gasteiger partial charge in [0.05, 0.1) is 13.1 Å². The summed E-state index contributed by atoms with van der Waals surface area (Å²) in [6.45, 7) is 6.73. The van der Waals surface area contributed by atoms with Gasteiger partial charge in [0.25, 0.3) is 0 Å². The Morgan fingerprint density at radius 1 is 1.25 bits per heavy atom. The van der Waals surface area contributed by atoms with Crippen LogP contribution >= 0.6 is 0 Å². The molecule has 2 saturated heterocycles. The van der Waals surface area contributed by atoms with E-state index in [1.807, 2.05) is 12.1 Å². The minimum atomic E-state index is -0.357. The van der Waals surface area contributed by atoms with Gasteiger partial charge in [-0.2, -0.15) is 0 Å². The molecule has 1 N–H and O–H groups in total. The summed E-state index contributed by atoms with van der Waals surface area (Å²) in [5.74, 6) is 0.603. The number of benzene rings is 1. The van der Waals surface area contributed by atoms with Crippen LogP contribution in [0.5, 0.6) is 0 Å². The maximum absolute atomic E-state index is 12.0. The Morgan fingerprint density at radius 2 is 1.96 bits per heavy atom. The average Bonchev–Trinajstić information content (AvgIpc) is 2.94. The largest absolute Gasteiger partial charge is 0.442 e. The second kappa shape index (κ2) is 7.11. The first-order valence-corrected chi connectivity index (χ1v) is 8.60. The van der Waals surface area contributed by atoms with Gasteiger partial charge in [-0.25, -0.2) is 4.79 Å². The lowest BCUT2D eigenvalue weighted by Gasteiger charge is -2.33. The summed E-state index contributed by atoms with van der Waals surface area (Å²) in [7, 11) is 0. The van der Waals surface area contributed by atoms with Crippen molar-refractivity contribution in [3.8, 4) is 0 Å². The van der Waals surface area contributed by atoms with Gasteiger partial charge < -0.3 is 15.0 Å². The molecular weight excluding hydrogens is 306 g/mol. The van der Waals surface area contributed by atoms with Crippen LogP contribution in [-0.4, -0.2) is 44.3 Å². The summed E-state index contributed by atoms with van der Waals surface area (Å²) < 4.78 is 5.30. The van der Waals surface area contributed by atoms with Gasteiger partial charge >= 0.3 is 6.09 Å². The normalized spacial score (nSPS) is 24.0. The molecule has 0 radical (unpaired) electrons. The molecule has 3 rings (SSSR count). The van der Waals surface area contributed by atoms with Crippen molar-refractivity contribution in [1.82, 2.24) is 5.32 Å². The van der Waals surface area contributed by atoms with Crippen LogP contribution in [0.4, 0.5) is 16.2 Å². The summed E-state index contributed by atoms with van der Waals surface area (Å²) >= 11 is 0. The number of carbonyl (C=O) groups is 2. The van der Waals surface area contributed by atoms with E-state index in [1.165, 1.54) is 25.5 Å². The molecule has 2 aliphatic rings. The van der Waals surface area contributed by atoms with E-state index in [2.05, 4.69) is 29.3 Å². The Balaban J connectivity index is 1.63. The third kappa shape index (κ3) is 3.80. The molecule has 0 spiro atoms. The van der Waals surface area contributed by atoms with Gasteiger partial charge in [-0.15, -0.1) is 0 Å². The SMILES string of the molecule is CC(=O)NCC1CN(c2ccc(N3CCCC(C)C3)cc2)C(=O)O1. The third-order valence-corrected chi connectivity index (χ3v) is 4.64. The number of hydrogen-bond acceptors (Lipinski definition) is 4. The molecule has 0 aromatic heterocycles. The molecule has 24 heavy (non-hydrogen) atoms. The van der Waals surface area contributed by atoms with Crippen molar-refractivity contribution in [2.75, 3.05) is 36.0 Å². The van der Waals surface area contributed by atoms with Gasteiger partial charge in [-0.05, 0) is 43.0 Å². The molecule has 6 nitrogen and oxygen atoms in total. The molecule has 0 saturated carbocycles. The first kappa shape index (κ1) is 16.6. The van der Waals surface area contributed by atoms with Gasteiger partial charge in [0, 0.05) is 31.4 Å². The van der Waals surface area contributed by atoms with Crippen molar-refractivity contribution < 1.29 is 14.3 Å². The fraction of sp³-hybridized carbons (Fsp3) is 0.556. The number of hydrogen-bond donors (Lipinski definition) is 1. The predicted molar refractivity (Wildman–Crippen MR) is 93.4 cm³/mol. The second-order valence-corrected chi connectivity index (χ2v) is 6.76. The van der Waals surface area contributed by atoms with E-state index in [1.54, 1.807) is 4.90 Å². The zero-order chi connectivity index (χ0) is 17.1. The number of anilines is 2. The fourth-order valence-electron chi connectivity index (χ4n) is 3.36. The van der Waals surface area contributed by atoms with Gasteiger partial charge in [0.1, 0.15) is 6.10 Å². The molecule has 130 valence electrons. The lowest BCUT2D eigenvalue weighted by Crippen LogP contribution is -2.34. The maximum Gasteiger partial charge on any atom is 0.414 e. The lowest BCUT2D eigenvalue weighted by atomic mass is 10.00. The maximum atomic E-state index is 12.0. The van der Waals surface area contributed by atoms with Gasteiger partial charge in [-0.1, -0.05) is 6.92 Å². The molecule has 1 aromatic carbocycles. The number of nitrogens with one attached hydrogen (secondary N) is 1. The molecule has 2 fully saturated rings. The second-order valence-electron chi connectivity index (χ2n) is 6.76. The predicted octanol–water partition coefficient (Wildman–Crippen LogP) is 2.38. The van der Waals surface area contributed by atoms with Crippen LogP contribution in [0.3, 0.4) is 0 Å². The van der Waals surface area contributed by atoms with Gasteiger partial charge in [0.2, 0.25) is 5.91 Å². The zero-order valence-corrected chi connectivity index (χ0v) is 14.3. The van der Waals surface area contributed by atoms with E-state index in [-0.39, 0.29) is 18.1 Å². The number of ether oxygens (including phenoxy) is 1. The molecule has 0 aliphatic carbocycles. The molecule has 2 unspecified atom stereocenters. The highest BCUT2D eigenvalue weighted by atomic mass is 16.6. The van der Waals surface area contributed by atoms with Crippen LogP contribution in [0.2, 0.25) is 0 Å². The van der Waals surface area contributed by atoms with Crippen LogP contribution in [-0.2, 0) is 9.53 Å². The van der Waals surface area contributed by atoms with Crippen LogP contribution < -0.4 is 15.1 Å². The van der Waals surface area contributed by atoms with Crippen molar-refractivity contribution in [2.24, 2.45) is 5.92 Å². The van der Waals surface area contributed by atoms with Gasteiger partial charge in [-0.3, -0.25) is 9.69 Å². The van der Waals surface area contributed by atoms with Crippen LogP contribution in [0.15, 0.2) is 24.3 Å². The molecule has 1 aromatic rings. The first-order chi connectivity index (χ1) is 11.5. The number of piperidine rings is 1. The summed E-state index contributed by atoms with van der Waals surface area (Å²) in [5, 5.41) is 2.69. The molecule has 0 bridgehead atoms. The Kier molecular flexibility index (Phi) is 4.92. The summed E-state index contributed by atoms with van der Waals surface area (Å²) in [5.41, 5.74) is 2.03. The number of nitrogens with zero attached hydrogens (tertiary/aromatic N) is 2. The van der Waals surface area contributed by atoms with Crippen molar-refractivity contribution >= 4 is 23.4 Å². The van der Waals surface area contributed by atoms with Crippen LogP contribution in [0.1, 0.15) is 26.7 Å². The molecule has 2 heterocycles. The molecule has 2 amide bonds. The molecule has 2 aliphatic heterocycles. The van der Waals surface area contributed by atoms with Crippen molar-refractivity contribution in [3.63, 3.8) is 0 Å². The summed E-state index contributed by atoms with van der Waals surface area (Å²) in [6.07, 6.45) is 1.87. The average molecular weight is 331 g/mol. The highest BCUT2D eigenvalue weighted by Gasteiger charge is 2.32. The van der Waals surface area contributed by atoms with E-state index in [0.717, 1.165) is 24.7 Å². The van der Waals surface area contributed by atoms with Crippen molar-refractivity contribution in [1.29, 1.82) is 0 Å². The monoisotopic (exact) mass is 331 g/mol.